The Balaban J connectivity index is 2.06. The Labute approximate surface area is 126 Å². The predicted molar refractivity (Wildman–Crippen MR) is 87.9 cm³/mol. The Bertz CT molecular complexity index is 971. The molecule has 0 spiro atoms. The van der Waals surface area contributed by atoms with Crippen molar-refractivity contribution < 1.29 is 5.11 Å². The zero-order valence-corrected chi connectivity index (χ0v) is 11.9. The summed E-state index contributed by atoms with van der Waals surface area (Å²) in [6.45, 7) is 0. The Kier molecular flexibility index (Phi) is 2.66. The fourth-order valence-corrected chi connectivity index (χ4v) is 2.97. The number of hydrogen-bond acceptors (Lipinski definition) is 1. The molecule has 0 aliphatic carbocycles. The summed E-state index contributed by atoms with van der Waals surface area (Å²) in [6, 6.07) is 19.7. The van der Waals surface area contributed by atoms with Gasteiger partial charge in [-0.2, -0.15) is 0 Å². The first kappa shape index (κ1) is 12.3. The highest BCUT2D eigenvalue weighted by atomic mass is 35.5. The van der Waals surface area contributed by atoms with Crippen molar-refractivity contribution in [1.29, 1.82) is 0 Å². The van der Waals surface area contributed by atoms with Gasteiger partial charge in [-0.15, -0.1) is 0 Å². The first-order valence-electron chi connectivity index (χ1n) is 6.72. The standard InChI is InChI=1S/C18H12ClNO/c19-15-10-11(8-9-17(15)21)12-5-3-6-14-13-4-1-2-7-16(13)20-18(12)14/h1-10,20-21H. The van der Waals surface area contributed by atoms with Crippen LogP contribution in [0.3, 0.4) is 0 Å². The van der Waals surface area contributed by atoms with Crippen molar-refractivity contribution in [3.63, 3.8) is 0 Å². The third-order valence-electron chi connectivity index (χ3n) is 3.80. The lowest BCUT2D eigenvalue weighted by Gasteiger charge is -2.05. The lowest BCUT2D eigenvalue weighted by Crippen LogP contribution is -1.81. The number of aromatic hydroxyl groups is 1. The molecule has 0 aliphatic heterocycles. The molecule has 0 fully saturated rings. The van der Waals surface area contributed by atoms with Gasteiger partial charge in [0, 0.05) is 21.9 Å². The number of rotatable bonds is 1. The minimum Gasteiger partial charge on any atom is -0.506 e. The van der Waals surface area contributed by atoms with Gasteiger partial charge in [-0.1, -0.05) is 54.1 Å². The maximum Gasteiger partial charge on any atom is 0.134 e. The van der Waals surface area contributed by atoms with Crippen molar-refractivity contribution in [2.75, 3.05) is 0 Å². The van der Waals surface area contributed by atoms with Gasteiger partial charge in [0.1, 0.15) is 5.75 Å². The van der Waals surface area contributed by atoms with E-state index >= 15 is 0 Å². The van der Waals surface area contributed by atoms with Crippen molar-refractivity contribution in [2.24, 2.45) is 0 Å². The second kappa shape index (κ2) is 4.54. The summed E-state index contributed by atoms with van der Waals surface area (Å²) in [6.07, 6.45) is 0. The largest absolute Gasteiger partial charge is 0.506 e. The summed E-state index contributed by atoms with van der Waals surface area (Å²) in [7, 11) is 0. The van der Waals surface area contributed by atoms with Crippen LogP contribution in [0, 0.1) is 0 Å². The zero-order chi connectivity index (χ0) is 14.4. The highest BCUT2D eigenvalue weighted by Gasteiger charge is 2.10. The monoisotopic (exact) mass is 293 g/mol. The van der Waals surface area contributed by atoms with Gasteiger partial charge >= 0.3 is 0 Å². The van der Waals surface area contributed by atoms with E-state index in [1.807, 2.05) is 24.3 Å². The third kappa shape index (κ3) is 1.88. The van der Waals surface area contributed by atoms with E-state index in [0.29, 0.717) is 5.02 Å². The fourth-order valence-electron chi connectivity index (χ4n) is 2.79. The molecule has 21 heavy (non-hydrogen) atoms. The van der Waals surface area contributed by atoms with Crippen molar-refractivity contribution >= 4 is 33.4 Å². The van der Waals surface area contributed by atoms with E-state index in [1.54, 1.807) is 12.1 Å². The smallest absolute Gasteiger partial charge is 0.134 e. The number of benzene rings is 3. The molecular formula is C18H12ClNO. The van der Waals surface area contributed by atoms with Gasteiger partial charge in [0.25, 0.3) is 0 Å². The van der Waals surface area contributed by atoms with E-state index in [2.05, 4.69) is 29.2 Å². The molecule has 0 radical (unpaired) electrons. The topological polar surface area (TPSA) is 36.0 Å². The molecule has 3 aromatic carbocycles. The first-order chi connectivity index (χ1) is 10.2. The Morgan fingerprint density at radius 2 is 1.67 bits per heavy atom. The average Bonchev–Trinajstić information content (AvgIpc) is 2.89. The molecule has 0 saturated heterocycles. The quantitative estimate of drug-likeness (QED) is 0.488. The Hall–Kier alpha value is -2.45. The van der Waals surface area contributed by atoms with Crippen LogP contribution >= 0.6 is 11.6 Å². The van der Waals surface area contributed by atoms with Crippen molar-refractivity contribution in [3.8, 4) is 16.9 Å². The van der Waals surface area contributed by atoms with Gasteiger partial charge < -0.3 is 10.1 Å². The summed E-state index contributed by atoms with van der Waals surface area (Å²) in [4.78, 5) is 3.47. The number of H-pyrrole nitrogens is 1. The summed E-state index contributed by atoms with van der Waals surface area (Å²) in [5.74, 6) is 0.101. The molecule has 1 aromatic heterocycles. The predicted octanol–water partition coefficient (Wildman–Crippen LogP) is 5.35. The average molecular weight is 294 g/mol. The van der Waals surface area contributed by atoms with E-state index in [0.717, 1.165) is 22.2 Å². The molecular weight excluding hydrogens is 282 g/mol. The van der Waals surface area contributed by atoms with Crippen LogP contribution in [0.1, 0.15) is 0 Å². The van der Waals surface area contributed by atoms with Crippen molar-refractivity contribution in [1.82, 2.24) is 4.98 Å². The molecule has 0 saturated carbocycles. The van der Waals surface area contributed by atoms with Crippen LogP contribution in [0.2, 0.25) is 5.02 Å². The Morgan fingerprint density at radius 3 is 2.52 bits per heavy atom. The summed E-state index contributed by atoms with van der Waals surface area (Å²) < 4.78 is 0. The van der Waals surface area contributed by atoms with Gasteiger partial charge in [0.2, 0.25) is 0 Å². The highest BCUT2D eigenvalue weighted by Crippen LogP contribution is 2.35. The number of nitrogens with one attached hydrogen (secondary N) is 1. The number of hydrogen-bond donors (Lipinski definition) is 2. The van der Waals surface area contributed by atoms with Crippen LogP contribution in [0.5, 0.6) is 5.75 Å². The van der Waals surface area contributed by atoms with Crippen molar-refractivity contribution in [3.05, 3.63) is 65.7 Å². The molecule has 2 N–H and O–H groups in total. The molecule has 1 heterocycles. The number of fused-ring (bicyclic) bond motifs is 3. The molecule has 0 bridgehead atoms. The molecule has 0 aliphatic rings. The lowest BCUT2D eigenvalue weighted by atomic mass is 10.0. The van der Waals surface area contributed by atoms with Crippen LogP contribution in [-0.2, 0) is 0 Å². The summed E-state index contributed by atoms with van der Waals surface area (Å²) >= 11 is 6.03. The van der Waals surface area contributed by atoms with E-state index in [1.165, 1.54) is 10.8 Å². The van der Waals surface area contributed by atoms with Gasteiger partial charge in [0.15, 0.2) is 0 Å². The number of phenolic OH excluding ortho intramolecular Hbond substituents is 1. The molecule has 4 aromatic rings. The maximum atomic E-state index is 9.58. The van der Waals surface area contributed by atoms with Crippen LogP contribution in [0.25, 0.3) is 32.9 Å². The van der Waals surface area contributed by atoms with Crippen LogP contribution in [0.15, 0.2) is 60.7 Å². The molecule has 2 nitrogen and oxygen atoms in total. The summed E-state index contributed by atoms with van der Waals surface area (Å²) in [5, 5.41) is 12.3. The molecule has 102 valence electrons. The van der Waals surface area contributed by atoms with E-state index in [4.69, 9.17) is 11.6 Å². The maximum absolute atomic E-state index is 9.58. The summed E-state index contributed by atoms with van der Waals surface area (Å²) in [5.41, 5.74) is 4.26. The lowest BCUT2D eigenvalue weighted by molar-refractivity contribution is 0.475. The zero-order valence-electron chi connectivity index (χ0n) is 11.1. The van der Waals surface area contributed by atoms with Gasteiger partial charge in [-0.3, -0.25) is 0 Å². The number of phenols is 1. The van der Waals surface area contributed by atoms with Gasteiger partial charge in [-0.25, -0.2) is 0 Å². The van der Waals surface area contributed by atoms with Crippen LogP contribution < -0.4 is 0 Å². The number of para-hydroxylation sites is 2. The number of aromatic nitrogens is 1. The molecule has 4 rings (SSSR count). The molecule has 0 atom stereocenters. The van der Waals surface area contributed by atoms with Crippen LogP contribution in [-0.4, -0.2) is 10.1 Å². The SMILES string of the molecule is Oc1ccc(-c2cccc3c2[nH]c2ccccc23)cc1Cl. The van der Waals surface area contributed by atoms with Gasteiger partial charge in [-0.05, 0) is 23.8 Å². The van der Waals surface area contributed by atoms with Crippen molar-refractivity contribution in [2.45, 2.75) is 0 Å². The van der Waals surface area contributed by atoms with Gasteiger partial charge in [0.05, 0.1) is 10.5 Å². The van der Waals surface area contributed by atoms with Crippen LogP contribution in [0.4, 0.5) is 0 Å². The minimum absolute atomic E-state index is 0.101. The number of aromatic amines is 1. The van der Waals surface area contributed by atoms with E-state index < -0.39 is 0 Å². The van der Waals surface area contributed by atoms with E-state index in [-0.39, 0.29) is 5.75 Å². The Morgan fingerprint density at radius 1 is 0.857 bits per heavy atom. The van der Waals surface area contributed by atoms with E-state index in [9.17, 15) is 5.11 Å². The highest BCUT2D eigenvalue weighted by molar-refractivity contribution is 6.32. The number of halogens is 1. The normalized spacial score (nSPS) is 11.3. The second-order valence-electron chi connectivity index (χ2n) is 5.06. The first-order valence-corrected chi connectivity index (χ1v) is 7.10. The molecule has 0 unspecified atom stereocenters. The third-order valence-corrected chi connectivity index (χ3v) is 4.10. The molecule has 0 amide bonds. The minimum atomic E-state index is 0.101. The second-order valence-corrected chi connectivity index (χ2v) is 5.47. The molecule has 3 heteroatoms. The fraction of sp³-hybridized carbons (Fsp3) is 0.